The van der Waals surface area contributed by atoms with Crippen molar-refractivity contribution in [3.8, 4) is 5.40 Å². The minimum atomic E-state index is -0.618. The van der Waals surface area contributed by atoms with Gasteiger partial charge in [0, 0.05) is 0 Å². The second kappa shape index (κ2) is 5.51. The van der Waals surface area contributed by atoms with Crippen molar-refractivity contribution in [1.29, 1.82) is 5.26 Å². The molecule has 0 aliphatic heterocycles. The molecule has 0 N–H and O–H groups in total. The zero-order valence-electron chi connectivity index (χ0n) is 2.44. The molecule has 0 aromatic rings. The maximum absolute atomic E-state index is 7.83. The molecule has 0 amide bonds. The van der Waals surface area contributed by atoms with Gasteiger partial charge >= 0.3 is 55.3 Å². The van der Waals surface area contributed by atoms with Crippen LogP contribution in [0.3, 0.4) is 0 Å². The van der Waals surface area contributed by atoms with E-state index >= 15 is 0 Å². The van der Waals surface area contributed by atoms with Gasteiger partial charge in [0.1, 0.15) is 0 Å². The molecule has 0 aliphatic rings. The van der Waals surface area contributed by atoms with Gasteiger partial charge in [0.15, 0.2) is 0 Å². The van der Waals surface area contributed by atoms with Gasteiger partial charge in [-0.1, -0.05) is 0 Å². The molecule has 0 aromatic carbocycles. The predicted octanol–water partition coefficient (Wildman–Crippen LogP) is 1.55. The zero-order chi connectivity index (χ0) is 4.12. The SMILES string of the molecule is N#C[S][Hg][I]. The fraction of sp³-hybridized carbons (Fsp3) is 0. The number of hydrogen-bond acceptors (Lipinski definition) is 2. The second-order valence-electron chi connectivity index (χ2n) is 0.345. The van der Waals surface area contributed by atoms with Crippen molar-refractivity contribution in [2.45, 2.75) is 0 Å². The standard InChI is InChI=1S/CHNS.Hg.HI/c2-1-3;;/h3H;;1H/q;+2;/p-2. The average molecular weight is 386 g/mol. The van der Waals surface area contributed by atoms with Crippen molar-refractivity contribution in [3.05, 3.63) is 0 Å². The normalized spacial score (nSPS) is 4.80. The second-order valence-corrected chi connectivity index (χ2v) is 23.3. The van der Waals surface area contributed by atoms with Crippen molar-refractivity contribution < 1.29 is 18.7 Å². The first-order chi connectivity index (χ1) is 2.41. The van der Waals surface area contributed by atoms with Gasteiger partial charge in [-0.3, -0.25) is 0 Å². The summed E-state index contributed by atoms with van der Waals surface area (Å²) in [5, 5.41) is 9.86. The molecule has 0 heterocycles. The molecule has 5 heavy (non-hydrogen) atoms. The van der Waals surface area contributed by atoms with Crippen LogP contribution in [0.2, 0.25) is 0 Å². The van der Waals surface area contributed by atoms with Crippen molar-refractivity contribution in [2.24, 2.45) is 0 Å². The summed E-state index contributed by atoms with van der Waals surface area (Å²) in [5.41, 5.74) is 0. The van der Waals surface area contributed by atoms with E-state index in [1.807, 2.05) is 5.40 Å². The monoisotopic (exact) mass is 387 g/mol. The molecule has 0 rings (SSSR count). The molecular formula is CHgINS. The van der Waals surface area contributed by atoms with Gasteiger partial charge < -0.3 is 0 Å². The number of nitrogens with zero attached hydrogens (tertiary/aromatic N) is 1. The van der Waals surface area contributed by atoms with E-state index in [1.165, 1.54) is 8.24 Å². The van der Waals surface area contributed by atoms with E-state index in [-0.39, 0.29) is 0 Å². The van der Waals surface area contributed by atoms with Crippen LogP contribution in [0.4, 0.5) is 0 Å². The van der Waals surface area contributed by atoms with Gasteiger partial charge in [0.25, 0.3) is 0 Å². The van der Waals surface area contributed by atoms with Gasteiger partial charge in [-0.05, 0) is 0 Å². The fourth-order valence-corrected chi connectivity index (χ4v) is 4.31. The summed E-state index contributed by atoms with van der Waals surface area (Å²) in [6.07, 6.45) is 0. The van der Waals surface area contributed by atoms with E-state index in [2.05, 4.69) is 17.7 Å². The Morgan fingerprint density at radius 2 is 2.60 bits per heavy atom. The molecule has 0 saturated heterocycles. The van der Waals surface area contributed by atoms with Crippen molar-refractivity contribution in [1.82, 2.24) is 0 Å². The quantitative estimate of drug-likeness (QED) is 0.388. The molecule has 0 radical (unpaired) electrons. The summed E-state index contributed by atoms with van der Waals surface area (Å²) >= 11 is 1.73. The Labute approximate surface area is 54.4 Å². The minimum absolute atomic E-state index is 0.618. The van der Waals surface area contributed by atoms with Crippen LogP contribution in [-0.2, 0) is 18.7 Å². The topological polar surface area (TPSA) is 23.8 Å². The fourth-order valence-electron chi connectivity index (χ4n) is 0.0244. The van der Waals surface area contributed by atoms with Gasteiger partial charge in [-0.2, -0.15) is 0 Å². The summed E-state index contributed by atoms with van der Waals surface area (Å²) in [6, 6.07) is 0. The van der Waals surface area contributed by atoms with Crippen LogP contribution in [0.25, 0.3) is 0 Å². The molecule has 0 saturated carbocycles. The molecule has 0 unspecified atom stereocenters. The summed E-state index contributed by atoms with van der Waals surface area (Å²) in [7, 11) is 1.48. The van der Waals surface area contributed by atoms with Crippen LogP contribution < -0.4 is 0 Å². The van der Waals surface area contributed by atoms with Crippen LogP contribution in [0.1, 0.15) is 0 Å². The molecule has 0 aromatic heterocycles. The Bertz CT molecular complexity index is 50.1. The van der Waals surface area contributed by atoms with Crippen molar-refractivity contribution in [2.75, 3.05) is 0 Å². The van der Waals surface area contributed by atoms with E-state index in [4.69, 9.17) is 5.26 Å². The number of thiocyanates is 1. The van der Waals surface area contributed by atoms with Crippen molar-refractivity contribution >= 4 is 25.9 Å². The van der Waals surface area contributed by atoms with E-state index < -0.39 is 18.7 Å². The average Bonchev–Trinajstić information content (AvgIpc) is 1.41. The molecule has 0 fully saturated rings. The Morgan fingerprint density at radius 1 is 2.00 bits per heavy atom. The Morgan fingerprint density at radius 3 is 2.60 bits per heavy atom. The number of rotatable bonds is 1. The number of nitriles is 1. The molecule has 0 spiro atoms. The third-order valence-electron chi connectivity index (χ3n) is 0.119. The van der Waals surface area contributed by atoms with Crippen LogP contribution in [0.15, 0.2) is 0 Å². The molecule has 0 bridgehead atoms. The molecule has 24 valence electrons. The van der Waals surface area contributed by atoms with Gasteiger partial charge in [-0.25, -0.2) is 0 Å². The molecule has 0 aliphatic carbocycles. The third-order valence-corrected chi connectivity index (χ3v) is 11.3. The summed E-state index contributed by atoms with van der Waals surface area (Å²) in [5.74, 6) is 0. The Hall–Kier alpha value is 1.51. The number of halogens is 1. The molecule has 4 heteroatoms. The Balaban J connectivity index is 2.48. The van der Waals surface area contributed by atoms with Crippen LogP contribution in [0.5, 0.6) is 0 Å². The van der Waals surface area contributed by atoms with Crippen LogP contribution in [-0.4, -0.2) is 0 Å². The maximum atomic E-state index is 7.83. The predicted molar refractivity (Wildman–Crippen MR) is 27.2 cm³/mol. The first-order valence-electron chi connectivity index (χ1n) is 0.984. The summed E-state index contributed by atoms with van der Waals surface area (Å²) in [4.78, 5) is 0. The first kappa shape index (κ1) is 6.51. The Kier molecular flexibility index (Phi) is 7.16. The van der Waals surface area contributed by atoms with Gasteiger partial charge in [0.2, 0.25) is 0 Å². The first-order valence-corrected chi connectivity index (χ1v) is 24.2. The summed E-state index contributed by atoms with van der Waals surface area (Å²) in [6.45, 7) is 0. The van der Waals surface area contributed by atoms with Gasteiger partial charge in [0.05, 0.1) is 0 Å². The zero-order valence-corrected chi connectivity index (χ0v) is 10.9. The van der Waals surface area contributed by atoms with E-state index in [1.54, 1.807) is 0 Å². The number of hydrogen-bond donors (Lipinski definition) is 0. The molecule has 0 atom stereocenters. The van der Waals surface area contributed by atoms with E-state index in [9.17, 15) is 0 Å². The van der Waals surface area contributed by atoms with E-state index in [0.29, 0.717) is 0 Å². The van der Waals surface area contributed by atoms with Crippen LogP contribution >= 0.6 is 25.9 Å². The van der Waals surface area contributed by atoms with E-state index in [0.717, 1.165) is 0 Å². The third kappa shape index (κ3) is 5.51. The van der Waals surface area contributed by atoms with Crippen LogP contribution in [0, 0.1) is 10.7 Å². The van der Waals surface area contributed by atoms with Crippen molar-refractivity contribution in [3.63, 3.8) is 0 Å². The molecule has 1 nitrogen and oxygen atoms in total. The van der Waals surface area contributed by atoms with Gasteiger partial charge in [-0.15, -0.1) is 0 Å². The molecular weight excluding hydrogens is 386 g/mol. The summed E-state index contributed by atoms with van der Waals surface area (Å²) < 4.78 is 0.